The standard InChI is InChI=1S/C12H25N3S/c1-4-11(5-2)15-8-6-14(7-9-15)10(3)12(13)16/h10-11H,4-9H2,1-3H3,(H2,13,16). The van der Waals surface area contributed by atoms with Gasteiger partial charge in [0.1, 0.15) is 0 Å². The summed E-state index contributed by atoms with van der Waals surface area (Å²) in [6, 6.07) is 1.00. The highest BCUT2D eigenvalue weighted by molar-refractivity contribution is 7.80. The van der Waals surface area contributed by atoms with E-state index in [1.807, 2.05) is 0 Å². The molecule has 94 valence electrons. The van der Waals surface area contributed by atoms with Crippen molar-refractivity contribution in [1.29, 1.82) is 0 Å². The molecule has 0 aromatic carbocycles. The summed E-state index contributed by atoms with van der Waals surface area (Å²) < 4.78 is 0. The van der Waals surface area contributed by atoms with Gasteiger partial charge in [-0.2, -0.15) is 0 Å². The molecule has 0 saturated carbocycles. The van der Waals surface area contributed by atoms with Crippen LogP contribution in [0.15, 0.2) is 0 Å². The van der Waals surface area contributed by atoms with Crippen LogP contribution in [0, 0.1) is 0 Å². The highest BCUT2D eigenvalue weighted by Gasteiger charge is 2.25. The van der Waals surface area contributed by atoms with Crippen molar-refractivity contribution >= 4 is 17.2 Å². The molecule has 1 rings (SSSR count). The Kier molecular flexibility index (Phi) is 5.66. The lowest BCUT2D eigenvalue weighted by Gasteiger charge is -2.40. The van der Waals surface area contributed by atoms with Gasteiger partial charge in [0, 0.05) is 32.2 Å². The maximum Gasteiger partial charge on any atom is 0.0899 e. The van der Waals surface area contributed by atoms with Crippen molar-refractivity contribution in [1.82, 2.24) is 9.80 Å². The molecule has 0 aromatic rings. The normalized spacial score (nSPS) is 21.2. The average Bonchev–Trinajstić information content (AvgIpc) is 2.30. The van der Waals surface area contributed by atoms with Gasteiger partial charge in [0.25, 0.3) is 0 Å². The van der Waals surface area contributed by atoms with Gasteiger partial charge in [0.2, 0.25) is 0 Å². The molecule has 1 atom stereocenters. The molecule has 0 radical (unpaired) electrons. The minimum Gasteiger partial charge on any atom is -0.392 e. The van der Waals surface area contributed by atoms with Gasteiger partial charge in [-0.3, -0.25) is 9.80 Å². The van der Waals surface area contributed by atoms with Crippen molar-refractivity contribution in [3.8, 4) is 0 Å². The third-order valence-electron chi connectivity index (χ3n) is 3.77. The molecule has 1 saturated heterocycles. The molecule has 0 aromatic heterocycles. The van der Waals surface area contributed by atoms with Crippen LogP contribution in [0.1, 0.15) is 33.6 Å². The Balaban J connectivity index is 2.41. The molecule has 0 bridgehead atoms. The smallest absolute Gasteiger partial charge is 0.0899 e. The fourth-order valence-corrected chi connectivity index (χ4v) is 2.62. The Morgan fingerprint density at radius 2 is 1.56 bits per heavy atom. The molecule has 1 aliphatic rings. The molecule has 3 nitrogen and oxygen atoms in total. The fourth-order valence-electron chi connectivity index (χ4n) is 2.47. The molecule has 0 spiro atoms. The Morgan fingerprint density at radius 1 is 1.12 bits per heavy atom. The predicted molar refractivity (Wildman–Crippen MR) is 73.8 cm³/mol. The number of thiocarbonyl (C=S) groups is 1. The maximum atomic E-state index is 5.69. The van der Waals surface area contributed by atoms with E-state index in [1.165, 1.54) is 12.8 Å². The van der Waals surface area contributed by atoms with Crippen molar-refractivity contribution in [3.05, 3.63) is 0 Å². The number of hydrogen-bond donors (Lipinski definition) is 1. The van der Waals surface area contributed by atoms with Crippen molar-refractivity contribution in [2.24, 2.45) is 5.73 Å². The molecule has 1 aliphatic heterocycles. The molecular weight excluding hydrogens is 218 g/mol. The van der Waals surface area contributed by atoms with Gasteiger partial charge in [0.05, 0.1) is 11.0 Å². The van der Waals surface area contributed by atoms with E-state index < -0.39 is 0 Å². The van der Waals surface area contributed by atoms with Gasteiger partial charge in [-0.15, -0.1) is 0 Å². The molecule has 1 heterocycles. The van der Waals surface area contributed by atoms with E-state index in [1.54, 1.807) is 0 Å². The summed E-state index contributed by atoms with van der Waals surface area (Å²) in [5, 5.41) is 0. The van der Waals surface area contributed by atoms with Crippen LogP contribution in [0.5, 0.6) is 0 Å². The van der Waals surface area contributed by atoms with Crippen LogP contribution in [0.3, 0.4) is 0 Å². The Hall–Kier alpha value is -0.190. The average molecular weight is 243 g/mol. The minimum absolute atomic E-state index is 0.249. The zero-order valence-electron chi connectivity index (χ0n) is 10.8. The Labute approximate surface area is 105 Å². The van der Waals surface area contributed by atoms with Crippen molar-refractivity contribution < 1.29 is 0 Å². The van der Waals surface area contributed by atoms with Crippen LogP contribution in [-0.2, 0) is 0 Å². The van der Waals surface area contributed by atoms with E-state index in [9.17, 15) is 0 Å². The molecular formula is C12H25N3S. The monoisotopic (exact) mass is 243 g/mol. The first-order chi connectivity index (χ1) is 7.60. The minimum atomic E-state index is 0.249. The van der Waals surface area contributed by atoms with Crippen LogP contribution in [-0.4, -0.2) is 53.1 Å². The first kappa shape index (κ1) is 13.9. The highest BCUT2D eigenvalue weighted by Crippen LogP contribution is 2.13. The van der Waals surface area contributed by atoms with Gasteiger partial charge >= 0.3 is 0 Å². The SMILES string of the molecule is CCC(CC)N1CCN(C(C)C(N)=S)CC1. The second-order valence-corrected chi connectivity index (χ2v) is 5.09. The maximum absolute atomic E-state index is 5.69. The summed E-state index contributed by atoms with van der Waals surface area (Å²) in [5.41, 5.74) is 5.69. The summed E-state index contributed by atoms with van der Waals surface area (Å²) in [6.07, 6.45) is 2.50. The summed E-state index contributed by atoms with van der Waals surface area (Å²) in [5.74, 6) is 0. The first-order valence-corrected chi connectivity index (χ1v) is 6.78. The van der Waals surface area contributed by atoms with Gasteiger partial charge in [-0.05, 0) is 19.8 Å². The number of hydrogen-bond acceptors (Lipinski definition) is 3. The molecule has 1 fully saturated rings. The van der Waals surface area contributed by atoms with Gasteiger partial charge in [-0.25, -0.2) is 0 Å². The lowest BCUT2D eigenvalue weighted by molar-refractivity contribution is 0.0852. The lowest BCUT2D eigenvalue weighted by atomic mass is 10.1. The molecule has 1 unspecified atom stereocenters. The Morgan fingerprint density at radius 3 is 1.94 bits per heavy atom. The largest absolute Gasteiger partial charge is 0.392 e. The van der Waals surface area contributed by atoms with Gasteiger partial charge in [-0.1, -0.05) is 26.1 Å². The lowest BCUT2D eigenvalue weighted by Crippen LogP contribution is -2.54. The molecule has 4 heteroatoms. The number of rotatable bonds is 5. The fraction of sp³-hybridized carbons (Fsp3) is 0.917. The van der Waals surface area contributed by atoms with E-state index >= 15 is 0 Å². The van der Waals surface area contributed by atoms with E-state index in [0.29, 0.717) is 4.99 Å². The Bertz CT molecular complexity index is 220. The highest BCUT2D eigenvalue weighted by atomic mass is 32.1. The third kappa shape index (κ3) is 3.40. The zero-order chi connectivity index (χ0) is 12.1. The molecule has 0 aliphatic carbocycles. The van der Waals surface area contributed by atoms with Crippen molar-refractivity contribution in [2.45, 2.75) is 45.7 Å². The zero-order valence-corrected chi connectivity index (χ0v) is 11.6. The summed E-state index contributed by atoms with van der Waals surface area (Å²) in [4.78, 5) is 5.61. The van der Waals surface area contributed by atoms with Gasteiger partial charge in [0.15, 0.2) is 0 Å². The van der Waals surface area contributed by atoms with E-state index in [4.69, 9.17) is 18.0 Å². The summed E-state index contributed by atoms with van der Waals surface area (Å²) >= 11 is 5.05. The van der Waals surface area contributed by atoms with E-state index in [2.05, 4.69) is 30.6 Å². The first-order valence-electron chi connectivity index (χ1n) is 6.37. The van der Waals surface area contributed by atoms with Crippen LogP contribution >= 0.6 is 12.2 Å². The molecule has 16 heavy (non-hydrogen) atoms. The summed E-state index contributed by atoms with van der Waals surface area (Å²) in [7, 11) is 0. The predicted octanol–water partition coefficient (Wildman–Crippen LogP) is 1.47. The molecule has 2 N–H and O–H groups in total. The third-order valence-corrected chi connectivity index (χ3v) is 4.11. The quantitative estimate of drug-likeness (QED) is 0.741. The van der Waals surface area contributed by atoms with Gasteiger partial charge < -0.3 is 5.73 Å². The van der Waals surface area contributed by atoms with Crippen molar-refractivity contribution in [2.75, 3.05) is 26.2 Å². The van der Waals surface area contributed by atoms with Crippen LogP contribution in [0.25, 0.3) is 0 Å². The number of nitrogens with two attached hydrogens (primary N) is 1. The number of piperazine rings is 1. The van der Waals surface area contributed by atoms with Crippen LogP contribution < -0.4 is 5.73 Å². The second-order valence-electron chi connectivity index (χ2n) is 4.62. The second kappa shape index (κ2) is 6.52. The van der Waals surface area contributed by atoms with Crippen molar-refractivity contribution in [3.63, 3.8) is 0 Å². The molecule has 0 amide bonds. The topological polar surface area (TPSA) is 32.5 Å². The van der Waals surface area contributed by atoms with E-state index in [-0.39, 0.29) is 6.04 Å². The van der Waals surface area contributed by atoms with Crippen LogP contribution in [0.2, 0.25) is 0 Å². The van der Waals surface area contributed by atoms with Crippen LogP contribution in [0.4, 0.5) is 0 Å². The van der Waals surface area contributed by atoms with E-state index in [0.717, 1.165) is 32.2 Å². The summed E-state index contributed by atoms with van der Waals surface area (Å²) in [6.45, 7) is 11.1. The number of nitrogens with zero attached hydrogens (tertiary/aromatic N) is 2.